The zero-order valence-corrected chi connectivity index (χ0v) is 28.9. The molecular weight excluding hydrogens is 625 g/mol. The molecule has 6 rings (SSSR count). The van der Waals surface area contributed by atoms with Crippen molar-refractivity contribution in [2.75, 3.05) is 41.8 Å². The quantitative estimate of drug-likeness (QED) is 0.222. The largest absolute Gasteiger partial charge is 0.494 e. The monoisotopic (exact) mass is 670 g/mol. The molecule has 48 heavy (non-hydrogen) atoms. The van der Waals surface area contributed by atoms with Crippen molar-refractivity contribution >= 4 is 46.5 Å². The van der Waals surface area contributed by atoms with E-state index in [1.807, 2.05) is 73.7 Å². The Hall–Kier alpha value is -4.02. The molecule has 2 bridgehead atoms. The summed E-state index contributed by atoms with van der Waals surface area (Å²) in [6, 6.07) is 23.2. The van der Waals surface area contributed by atoms with Crippen LogP contribution in [0.1, 0.15) is 39.7 Å². The molecule has 3 unspecified atom stereocenters. The Balaban J connectivity index is 1.34. The predicted molar refractivity (Wildman–Crippen MR) is 191 cm³/mol. The summed E-state index contributed by atoms with van der Waals surface area (Å²) in [7, 11) is 0. The summed E-state index contributed by atoms with van der Waals surface area (Å²) in [5, 5.41) is 16.9. The van der Waals surface area contributed by atoms with E-state index in [9.17, 15) is 19.5 Å². The highest BCUT2D eigenvalue weighted by Gasteiger charge is 2.76. The number of likely N-dealkylation sites (tertiary alicyclic amines) is 1. The Labute approximate surface area is 287 Å². The van der Waals surface area contributed by atoms with E-state index in [-0.39, 0.29) is 35.5 Å². The molecule has 10 heteroatoms. The van der Waals surface area contributed by atoms with E-state index in [0.29, 0.717) is 36.6 Å². The van der Waals surface area contributed by atoms with Gasteiger partial charge in [0.05, 0.1) is 35.8 Å². The number of anilines is 3. The van der Waals surface area contributed by atoms with Gasteiger partial charge in [-0.3, -0.25) is 14.4 Å². The van der Waals surface area contributed by atoms with Gasteiger partial charge in [0.2, 0.25) is 17.7 Å². The van der Waals surface area contributed by atoms with Gasteiger partial charge in [-0.2, -0.15) is 0 Å². The number of nitrogens with one attached hydrogen (secondary N) is 2. The van der Waals surface area contributed by atoms with Gasteiger partial charge in [0.1, 0.15) is 11.8 Å². The normalized spacial score (nSPS) is 26.2. The first-order chi connectivity index (χ1) is 23.2. The third-order valence-electron chi connectivity index (χ3n) is 10.3. The molecule has 3 aromatic rings. The third-order valence-corrected chi connectivity index (χ3v) is 12.4. The van der Waals surface area contributed by atoms with Crippen LogP contribution in [0.3, 0.4) is 0 Å². The first-order valence-electron chi connectivity index (χ1n) is 17.1. The van der Waals surface area contributed by atoms with Crippen LogP contribution < -0.4 is 20.3 Å². The number of nitrogens with zero attached hydrogens (tertiary/aromatic N) is 2. The van der Waals surface area contributed by atoms with Crippen molar-refractivity contribution in [1.29, 1.82) is 0 Å². The van der Waals surface area contributed by atoms with E-state index in [1.165, 1.54) is 0 Å². The predicted octanol–water partition coefficient (Wildman–Crippen LogP) is 5.45. The third kappa shape index (κ3) is 6.05. The molecule has 0 saturated carbocycles. The zero-order valence-electron chi connectivity index (χ0n) is 28.1. The molecule has 7 atom stereocenters. The van der Waals surface area contributed by atoms with Gasteiger partial charge >= 0.3 is 0 Å². The molecule has 0 aliphatic carbocycles. The average molecular weight is 671 g/mol. The number of hydrogen-bond acceptors (Lipinski definition) is 7. The number of fused-ring (bicyclic) bond motifs is 1. The number of hydrogen-bond donors (Lipinski definition) is 3. The van der Waals surface area contributed by atoms with E-state index in [2.05, 4.69) is 36.3 Å². The van der Waals surface area contributed by atoms with Gasteiger partial charge in [0, 0.05) is 35.4 Å². The molecule has 254 valence electrons. The van der Waals surface area contributed by atoms with Gasteiger partial charge in [0.25, 0.3) is 0 Å². The van der Waals surface area contributed by atoms with Crippen LogP contribution in [0.2, 0.25) is 0 Å². The molecule has 3 saturated heterocycles. The fourth-order valence-electron chi connectivity index (χ4n) is 8.17. The van der Waals surface area contributed by atoms with Crippen LogP contribution in [0, 0.1) is 17.8 Å². The molecular formula is C38H46N4O5S. The van der Waals surface area contributed by atoms with Crippen LogP contribution in [0.5, 0.6) is 5.75 Å². The number of aliphatic hydroxyl groups excluding tert-OH is 1. The number of thioether (sulfide) groups is 1. The lowest BCUT2D eigenvalue weighted by Crippen LogP contribution is -2.57. The minimum absolute atomic E-state index is 0.00200. The number of carbonyl (C=O) groups excluding carboxylic acids is 3. The Kier molecular flexibility index (Phi) is 10.0. The second kappa shape index (κ2) is 14.2. The molecule has 3 amide bonds. The molecule has 0 radical (unpaired) electrons. The summed E-state index contributed by atoms with van der Waals surface area (Å²) in [6.45, 7) is 10.2. The Morgan fingerprint density at radius 3 is 2.19 bits per heavy atom. The topological polar surface area (TPSA) is 111 Å². The van der Waals surface area contributed by atoms with E-state index in [1.54, 1.807) is 28.8 Å². The highest BCUT2D eigenvalue weighted by Crippen LogP contribution is 2.69. The molecule has 1 spiro atoms. The van der Waals surface area contributed by atoms with E-state index in [0.717, 1.165) is 24.3 Å². The highest BCUT2D eigenvalue weighted by molar-refractivity contribution is 8.02. The number of amides is 3. The van der Waals surface area contributed by atoms with E-state index in [4.69, 9.17) is 4.74 Å². The number of carbonyl (C=O) groups is 3. The van der Waals surface area contributed by atoms with Crippen LogP contribution in [0.4, 0.5) is 17.1 Å². The van der Waals surface area contributed by atoms with Gasteiger partial charge < -0.3 is 30.3 Å². The summed E-state index contributed by atoms with van der Waals surface area (Å²) in [6.07, 6.45) is 1.11. The highest BCUT2D eigenvalue weighted by atomic mass is 32.2. The first kappa shape index (κ1) is 33.9. The summed E-state index contributed by atoms with van der Waals surface area (Å²) >= 11 is 1.62. The number of aliphatic hydroxyl groups is 1. The lowest BCUT2D eigenvalue weighted by Gasteiger charge is -2.40. The second-order valence-electron chi connectivity index (χ2n) is 13.0. The van der Waals surface area contributed by atoms with Crippen LogP contribution in [0.25, 0.3) is 0 Å². The Morgan fingerprint density at radius 1 is 0.958 bits per heavy atom. The van der Waals surface area contributed by atoms with Crippen molar-refractivity contribution < 1.29 is 24.2 Å². The SMILES string of the molecule is CCOc1ccc(NC(=O)[C@@H]2[C@@H]3CC(C)C4(S3)C(C(=O)Nc3ccc(N(CC)CC)cc3)N([C@@H](CO)Cc3ccccc3)C(=O)[C@H]24)cc1. The number of benzene rings is 3. The molecule has 3 aromatic carbocycles. The molecule has 3 aliphatic heterocycles. The summed E-state index contributed by atoms with van der Waals surface area (Å²) in [5.41, 5.74) is 3.29. The second-order valence-corrected chi connectivity index (χ2v) is 14.5. The molecule has 3 heterocycles. The number of rotatable bonds is 13. The fraction of sp³-hybridized carbons (Fsp3) is 0.447. The van der Waals surface area contributed by atoms with Gasteiger partial charge in [0.15, 0.2) is 0 Å². The smallest absolute Gasteiger partial charge is 0.248 e. The van der Waals surface area contributed by atoms with E-state index >= 15 is 0 Å². The zero-order chi connectivity index (χ0) is 34.0. The minimum atomic E-state index is -0.869. The van der Waals surface area contributed by atoms with Crippen molar-refractivity contribution in [2.24, 2.45) is 17.8 Å². The lowest BCUT2D eigenvalue weighted by molar-refractivity contribution is -0.141. The molecule has 9 nitrogen and oxygen atoms in total. The average Bonchev–Trinajstić information content (AvgIpc) is 3.70. The van der Waals surface area contributed by atoms with Gasteiger partial charge in [-0.05, 0) is 93.6 Å². The van der Waals surface area contributed by atoms with Crippen LogP contribution in [0.15, 0.2) is 78.9 Å². The van der Waals surface area contributed by atoms with Crippen LogP contribution in [-0.4, -0.2) is 76.1 Å². The fourth-order valence-corrected chi connectivity index (χ4v) is 10.6. The maximum Gasteiger partial charge on any atom is 0.248 e. The lowest BCUT2D eigenvalue weighted by atomic mass is 9.66. The van der Waals surface area contributed by atoms with E-state index < -0.39 is 28.7 Å². The van der Waals surface area contributed by atoms with Gasteiger partial charge in [-0.1, -0.05) is 37.3 Å². The summed E-state index contributed by atoms with van der Waals surface area (Å²) < 4.78 is 4.73. The van der Waals surface area contributed by atoms with Crippen molar-refractivity contribution in [1.82, 2.24) is 4.90 Å². The standard InChI is InChI=1S/C38H46N4O5S/c1-5-41(6-2)28-17-13-26(14-18-28)40-36(45)34-38-24(4)21-31(48-38)32(35(44)39-27-15-19-30(20-16-27)47-7-3)33(38)37(46)42(34)29(23-43)22-25-11-9-8-10-12-25/h8-20,24,29,31-34,43H,5-7,21-23H2,1-4H3,(H,39,44)(H,40,45)/t24?,29-,31+,32-,33+,34?,38?/m1/s1. The van der Waals surface area contributed by atoms with Crippen molar-refractivity contribution in [3.8, 4) is 5.75 Å². The molecule has 3 N–H and O–H groups in total. The summed E-state index contributed by atoms with van der Waals surface area (Å²) in [5.74, 6) is -1.36. The first-order valence-corrected chi connectivity index (χ1v) is 18.0. The van der Waals surface area contributed by atoms with Crippen molar-refractivity contribution in [3.05, 3.63) is 84.4 Å². The van der Waals surface area contributed by atoms with Crippen LogP contribution in [-0.2, 0) is 20.8 Å². The molecule has 3 aliphatic rings. The molecule has 3 fully saturated rings. The summed E-state index contributed by atoms with van der Waals surface area (Å²) in [4.78, 5) is 47.3. The number of ether oxygens (including phenoxy) is 1. The Bertz CT molecular complexity index is 1600. The molecule has 0 aromatic heterocycles. The maximum atomic E-state index is 14.8. The van der Waals surface area contributed by atoms with Crippen molar-refractivity contribution in [3.63, 3.8) is 0 Å². The Morgan fingerprint density at radius 2 is 1.58 bits per heavy atom. The van der Waals surface area contributed by atoms with Gasteiger partial charge in [-0.15, -0.1) is 11.8 Å². The van der Waals surface area contributed by atoms with Gasteiger partial charge in [-0.25, -0.2) is 0 Å². The van der Waals surface area contributed by atoms with Crippen molar-refractivity contribution in [2.45, 2.75) is 62.6 Å². The van der Waals surface area contributed by atoms with Crippen LogP contribution >= 0.6 is 11.8 Å². The maximum absolute atomic E-state index is 14.8. The minimum Gasteiger partial charge on any atom is -0.494 e.